The molecule has 0 radical (unpaired) electrons. The number of rotatable bonds is 8. The summed E-state index contributed by atoms with van der Waals surface area (Å²) in [6.45, 7) is 2.25. The number of unbranched alkanes of at least 4 members (excludes halogenated alkanes) is 1. The van der Waals surface area contributed by atoms with Crippen molar-refractivity contribution in [1.29, 1.82) is 0 Å². The van der Waals surface area contributed by atoms with Gasteiger partial charge in [-0.2, -0.15) is 0 Å². The molecule has 31 heavy (non-hydrogen) atoms. The van der Waals surface area contributed by atoms with Gasteiger partial charge in [-0.3, -0.25) is 4.57 Å². The minimum absolute atomic E-state index is 0.221. The zero-order chi connectivity index (χ0) is 21.8. The van der Waals surface area contributed by atoms with E-state index >= 15 is 0 Å². The van der Waals surface area contributed by atoms with E-state index in [-0.39, 0.29) is 18.1 Å². The molecule has 0 unspecified atom stereocenters. The lowest BCUT2D eigenvalue weighted by atomic mass is 10.1. The number of anilines is 1. The van der Waals surface area contributed by atoms with Crippen LogP contribution in [0.25, 0.3) is 11.2 Å². The number of benzene rings is 1. The summed E-state index contributed by atoms with van der Waals surface area (Å²) in [5, 5.41) is 8.87. The van der Waals surface area contributed by atoms with Crippen molar-refractivity contribution in [3.05, 3.63) is 70.0 Å². The lowest BCUT2D eigenvalue weighted by Gasteiger charge is -2.08. The normalized spacial score (nSPS) is 11.2. The van der Waals surface area contributed by atoms with E-state index in [0.717, 1.165) is 24.8 Å². The van der Waals surface area contributed by atoms with Gasteiger partial charge in [0.15, 0.2) is 11.5 Å². The second kappa shape index (κ2) is 8.97. The minimum atomic E-state index is -0.305. The Morgan fingerprint density at radius 2 is 1.87 bits per heavy atom. The Morgan fingerprint density at radius 3 is 2.58 bits per heavy atom. The van der Waals surface area contributed by atoms with Crippen LogP contribution in [0.3, 0.4) is 0 Å². The second-order valence-electron chi connectivity index (χ2n) is 7.30. The number of aliphatic hydroxyl groups is 1. The molecule has 160 valence electrons. The number of nitrogens with zero attached hydrogens (tertiary/aromatic N) is 4. The molecule has 1 aromatic carbocycles. The first kappa shape index (κ1) is 20.5. The molecule has 0 bridgehead atoms. The van der Waals surface area contributed by atoms with E-state index in [4.69, 9.17) is 15.6 Å². The molecule has 9 nitrogen and oxygen atoms in total. The van der Waals surface area contributed by atoms with Gasteiger partial charge < -0.3 is 20.6 Å². The van der Waals surface area contributed by atoms with Crippen LogP contribution in [0, 0.1) is 6.92 Å². The van der Waals surface area contributed by atoms with E-state index < -0.39 is 0 Å². The van der Waals surface area contributed by atoms with Gasteiger partial charge in [0.05, 0.1) is 6.54 Å². The number of nitrogen functional groups attached to an aromatic ring is 1. The molecule has 4 rings (SSSR count). The van der Waals surface area contributed by atoms with E-state index in [2.05, 4.69) is 19.9 Å². The highest BCUT2D eigenvalue weighted by Gasteiger charge is 2.13. The number of aryl methyl sites for hydroxylation is 2. The third-order valence-electron chi connectivity index (χ3n) is 4.92. The molecule has 9 heteroatoms. The number of aromatic nitrogens is 5. The van der Waals surface area contributed by atoms with Gasteiger partial charge in [-0.05, 0) is 49.4 Å². The molecule has 4 N–H and O–H groups in total. The van der Waals surface area contributed by atoms with Gasteiger partial charge in [-0.25, -0.2) is 19.7 Å². The monoisotopic (exact) mass is 420 g/mol. The largest absolute Gasteiger partial charge is 0.439 e. The van der Waals surface area contributed by atoms with Crippen molar-refractivity contribution in [2.45, 2.75) is 32.7 Å². The number of nitrogens with one attached hydrogen (secondary N) is 1. The number of aromatic amines is 1. The molecule has 0 spiro atoms. The maximum absolute atomic E-state index is 12.4. The summed E-state index contributed by atoms with van der Waals surface area (Å²) in [4.78, 5) is 27.8. The number of nitrogens with two attached hydrogens (primary N) is 1. The molecule has 0 atom stereocenters. The standard InChI is InChI=1S/C22H24N6O3/c1-14-25-20(23)19-21(26-14)28(22(30)27-19)13-16-7-10-18(24-12-16)31-17-8-5-15(6-9-17)4-2-3-11-29/h5-10,12,29H,2-4,11,13H2,1H3,(H,27,30)(H2,23,25,26). The number of hydrogen-bond donors (Lipinski definition) is 3. The number of hydrogen-bond acceptors (Lipinski definition) is 7. The summed E-state index contributed by atoms with van der Waals surface area (Å²) >= 11 is 0. The molecule has 0 fully saturated rings. The molecule has 0 aliphatic carbocycles. The average Bonchev–Trinajstić information content (AvgIpc) is 3.07. The Kier molecular flexibility index (Phi) is 5.94. The van der Waals surface area contributed by atoms with Gasteiger partial charge in [0.2, 0.25) is 5.88 Å². The number of pyridine rings is 1. The molecule has 0 aliphatic heterocycles. The predicted octanol–water partition coefficient (Wildman–Crippen LogP) is 2.56. The summed E-state index contributed by atoms with van der Waals surface area (Å²) in [7, 11) is 0. The number of fused-ring (bicyclic) bond motifs is 1. The van der Waals surface area contributed by atoms with Crippen LogP contribution >= 0.6 is 0 Å². The zero-order valence-electron chi connectivity index (χ0n) is 17.2. The van der Waals surface area contributed by atoms with Crippen LogP contribution in [0.5, 0.6) is 11.6 Å². The average molecular weight is 420 g/mol. The van der Waals surface area contributed by atoms with Crippen molar-refractivity contribution >= 4 is 17.0 Å². The number of ether oxygens (including phenoxy) is 1. The summed E-state index contributed by atoms with van der Waals surface area (Å²) in [5.41, 5.74) is 8.51. The lowest BCUT2D eigenvalue weighted by molar-refractivity contribution is 0.284. The van der Waals surface area contributed by atoms with Crippen LogP contribution in [0.1, 0.15) is 29.8 Å². The fraction of sp³-hybridized carbons (Fsp3) is 0.273. The Morgan fingerprint density at radius 1 is 1.10 bits per heavy atom. The van der Waals surface area contributed by atoms with Crippen molar-refractivity contribution in [3.8, 4) is 11.6 Å². The van der Waals surface area contributed by atoms with Crippen LogP contribution in [-0.4, -0.2) is 36.2 Å². The minimum Gasteiger partial charge on any atom is -0.439 e. The topological polar surface area (TPSA) is 132 Å². The molecule has 0 aliphatic rings. The highest BCUT2D eigenvalue weighted by molar-refractivity contribution is 5.81. The van der Waals surface area contributed by atoms with E-state index in [0.29, 0.717) is 35.2 Å². The van der Waals surface area contributed by atoms with Crippen LogP contribution in [-0.2, 0) is 13.0 Å². The quantitative estimate of drug-likeness (QED) is 0.373. The van der Waals surface area contributed by atoms with Crippen molar-refractivity contribution < 1.29 is 9.84 Å². The highest BCUT2D eigenvalue weighted by Crippen LogP contribution is 2.21. The van der Waals surface area contributed by atoms with E-state index in [1.54, 1.807) is 19.2 Å². The van der Waals surface area contributed by atoms with E-state index in [1.807, 2.05) is 30.3 Å². The molecular formula is C22H24N6O3. The van der Waals surface area contributed by atoms with Crippen molar-refractivity contribution in [2.24, 2.45) is 0 Å². The summed E-state index contributed by atoms with van der Waals surface area (Å²) in [5.74, 6) is 1.91. The molecule has 4 aromatic rings. The molecule has 0 saturated carbocycles. The smallest absolute Gasteiger partial charge is 0.328 e. The molecule has 3 heterocycles. The molecular weight excluding hydrogens is 396 g/mol. The number of imidazole rings is 1. The van der Waals surface area contributed by atoms with Gasteiger partial charge in [0.1, 0.15) is 17.1 Å². The highest BCUT2D eigenvalue weighted by atomic mass is 16.5. The van der Waals surface area contributed by atoms with Crippen LogP contribution in [0.2, 0.25) is 0 Å². The van der Waals surface area contributed by atoms with E-state index in [9.17, 15) is 4.79 Å². The van der Waals surface area contributed by atoms with E-state index in [1.165, 1.54) is 10.1 Å². The number of H-pyrrole nitrogens is 1. The fourth-order valence-corrected chi connectivity index (χ4v) is 3.34. The van der Waals surface area contributed by atoms with Crippen molar-refractivity contribution in [3.63, 3.8) is 0 Å². The predicted molar refractivity (Wildman–Crippen MR) is 117 cm³/mol. The Bertz CT molecular complexity index is 1230. The fourth-order valence-electron chi connectivity index (χ4n) is 3.34. The maximum atomic E-state index is 12.4. The van der Waals surface area contributed by atoms with Crippen LogP contribution in [0.15, 0.2) is 47.4 Å². The maximum Gasteiger partial charge on any atom is 0.328 e. The molecule has 0 amide bonds. The van der Waals surface area contributed by atoms with Gasteiger partial charge in [0.25, 0.3) is 0 Å². The summed E-state index contributed by atoms with van der Waals surface area (Å²) < 4.78 is 7.32. The molecule has 0 saturated heterocycles. The first-order valence-electron chi connectivity index (χ1n) is 10.1. The van der Waals surface area contributed by atoms with Crippen LogP contribution in [0.4, 0.5) is 5.82 Å². The second-order valence-corrected chi connectivity index (χ2v) is 7.30. The Balaban J connectivity index is 1.45. The number of aliphatic hydroxyl groups excluding tert-OH is 1. The van der Waals surface area contributed by atoms with Crippen LogP contribution < -0.4 is 16.2 Å². The summed E-state index contributed by atoms with van der Waals surface area (Å²) in [6, 6.07) is 11.5. The lowest BCUT2D eigenvalue weighted by Crippen LogP contribution is -2.18. The molecule has 3 aromatic heterocycles. The third kappa shape index (κ3) is 4.72. The van der Waals surface area contributed by atoms with Gasteiger partial charge in [-0.15, -0.1) is 0 Å². The Labute approximate surface area is 178 Å². The van der Waals surface area contributed by atoms with Crippen molar-refractivity contribution in [2.75, 3.05) is 12.3 Å². The first-order valence-corrected chi connectivity index (χ1v) is 10.1. The van der Waals surface area contributed by atoms with Gasteiger partial charge >= 0.3 is 5.69 Å². The third-order valence-corrected chi connectivity index (χ3v) is 4.92. The van der Waals surface area contributed by atoms with Gasteiger partial charge in [0, 0.05) is 18.9 Å². The van der Waals surface area contributed by atoms with Gasteiger partial charge in [-0.1, -0.05) is 18.2 Å². The first-order chi connectivity index (χ1) is 15.0. The summed E-state index contributed by atoms with van der Waals surface area (Å²) in [6.07, 6.45) is 4.36. The van der Waals surface area contributed by atoms with Crippen molar-refractivity contribution in [1.82, 2.24) is 24.5 Å². The Hall–Kier alpha value is -3.72. The SMILES string of the molecule is Cc1nc(N)c2[nH]c(=O)n(Cc3ccc(Oc4ccc(CCCCO)cc4)nc3)c2n1. The zero-order valence-corrected chi connectivity index (χ0v) is 17.2.